The standard InChI is InChI=1S/C16H14N4O2S/c1-3-8-20-15(22)10(14(21)18-16(20)23)9-13-17-11-6-4-5-7-12(11)19(13)2/h3-7,9H,1,8H2,2H3,(H,18,21,23)/b10-9-. The molecule has 2 aromatic rings. The van der Waals surface area contributed by atoms with Crippen molar-refractivity contribution in [1.29, 1.82) is 0 Å². The third-order valence-corrected chi connectivity index (χ3v) is 3.92. The summed E-state index contributed by atoms with van der Waals surface area (Å²) in [4.78, 5) is 30.3. The lowest BCUT2D eigenvalue weighted by atomic mass is 10.1. The van der Waals surface area contributed by atoms with Gasteiger partial charge < -0.3 is 4.57 Å². The zero-order valence-electron chi connectivity index (χ0n) is 12.4. The van der Waals surface area contributed by atoms with Crippen molar-refractivity contribution in [2.75, 3.05) is 6.54 Å². The molecular weight excluding hydrogens is 312 g/mol. The Balaban J connectivity index is 2.07. The van der Waals surface area contributed by atoms with Crippen LogP contribution in [0.3, 0.4) is 0 Å². The number of carbonyl (C=O) groups is 2. The van der Waals surface area contributed by atoms with Crippen LogP contribution in [0, 0.1) is 0 Å². The smallest absolute Gasteiger partial charge is 0.266 e. The molecule has 3 rings (SSSR count). The van der Waals surface area contributed by atoms with E-state index < -0.39 is 11.8 Å². The molecule has 116 valence electrons. The first kappa shape index (κ1) is 15.1. The second kappa shape index (κ2) is 5.77. The number of hydrogen-bond acceptors (Lipinski definition) is 4. The van der Waals surface area contributed by atoms with Gasteiger partial charge in [0, 0.05) is 13.6 Å². The number of carbonyl (C=O) groups excluding carboxylic acids is 2. The van der Waals surface area contributed by atoms with E-state index in [2.05, 4.69) is 16.9 Å². The summed E-state index contributed by atoms with van der Waals surface area (Å²) in [7, 11) is 1.83. The molecule has 1 N–H and O–H groups in total. The maximum Gasteiger partial charge on any atom is 0.266 e. The lowest BCUT2D eigenvalue weighted by molar-refractivity contribution is -0.128. The highest BCUT2D eigenvalue weighted by Crippen LogP contribution is 2.18. The molecule has 1 aromatic heterocycles. The molecule has 23 heavy (non-hydrogen) atoms. The molecule has 0 radical (unpaired) electrons. The van der Waals surface area contributed by atoms with Crippen molar-refractivity contribution in [2.45, 2.75) is 0 Å². The SMILES string of the molecule is C=CCN1C(=O)/C(=C\c2nc3ccccc3n2C)C(=O)NC1=S. The largest absolute Gasteiger partial charge is 0.328 e. The van der Waals surface area contributed by atoms with Crippen molar-refractivity contribution >= 4 is 46.3 Å². The van der Waals surface area contributed by atoms with Gasteiger partial charge in [0.05, 0.1) is 11.0 Å². The quantitative estimate of drug-likeness (QED) is 0.401. The first-order valence-electron chi connectivity index (χ1n) is 6.94. The Bertz CT molecular complexity index is 881. The lowest BCUT2D eigenvalue weighted by Crippen LogP contribution is -2.53. The van der Waals surface area contributed by atoms with Crippen LogP contribution in [0.15, 0.2) is 42.5 Å². The summed E-state index contributed by atoms with van der Waals surface area (Å²) >= 11 is 5.02. The van der Waals surface area contributed by atoms with Crippen LogP contribution in [-0.4, -0.2) is 37.9 Å². The van der Waals surface area contributed by atoms with Crippen LogP contribution in [0.5, 0.6) is 0 Å². The van der Waals surface area contributed by atoms with E-state index in [9.17, 15) is 9.59 Å². The topological polar surface area (TPSA) is 67.2 Å². The summed E-state index contributed by atoms with van der Waals surface area (Å²) in [5.74, 6) is -0.450. The van der Waals surface area contributed by atoms with Crippen LogP contribution in [0.2, 0.25) is 0 Å². The van der Waals surface area contributed by atoms with Gasteiger partial charge in [-0.1, -0.05) is 18.2 Å². The number of nitrogens with one attached hydrogen (secondary N) is 1. The first-order chi connectivity index (χ1) is 11.0. The molecule has 6 nitrogen and oxygen atoms in total. The Morgan fingerprint density at radius 3 is 2.78 bits per heavy atom. The van der Waals surface area contributed by atoms with E-state index in [4.69, 9.17) is 12.2 Å². The zero-order chi connectivity index (χ0) is 16.6. The van der Waals surface area contributed by atoms with Crippen molar-refractivity contribution in [2.24, 2.45) is 7.05 Å². The van der Waals surface area contributed by atoms with Gasteiger partial charge in [-0.3, -0.25) is 19.8 Å². The highest BCUT2D eigenvalue weighted by Gasteiger charge is 2.33. The maximum atomic E-state index is 12.5. The number of nitrogens with zero attached hydrogens (tertiary/aromatic N) is 3. The van der Waals surface area contributed by atoms with Crippen LogP contribution in [-0.2, 0) is 16.6 Å². The molecule has 0 saturated carbocycles. The molecule has 1 aliphatic heterocycles. The highest BCUT2D eigenvalue weighted by molar-refractivity contribution is 7.80. The fourth-order valence-corrected chi connectivity index (χ4v) is 2.66. The summed E-state index contributed by atoms with van der Waals surface area (Å²) in [6.45, 7) is 3.83. The zero-order valence-corrected chi connectivity index (χ0v) is 13.3. The van der Waals surface area contributed by atoms with Crippen molar-refractivity contribution in [3.63, 3.8) is 0 Å². The van der Waals surface area contributed by atoms with E-state index in [1.807, 2.05) is 35.9 Å². The summed E-state index contributed by atoms with van der Waals surface area (Å²) in [5.41, 5.74) is 1.71. The second-order valence-corrected chi connectivity index (χ2v) is 5.43. The number of aromatic nitrogens is 2. The minimum Gasteiger partial charge on any atom is -0.328 e. The van der Waals surface area contributed by atoms with E-state index in [0.717, 1.165) is 11.0 Å². The van der Waals surface area contributed by atoms with Gasteiger partial charge in [0.1, 0.15) is 11.4 Å². The molecule has 0 spiro atoms. The van der Waals surface area contributed by atoms with Crippen LogP contribution in [0.25, 0.3) is 17.1 Å². The number of amides is 2. The maximum absolute atomic E-state index is 12.5. The predicted molar refractivity (Wildman–Crippen MR) is 91.3 cm³/mol. The van der Waals surface area contributed by atoms with Crippen molar-refractivity contribution < 1.29 is 9.59 Å². The highest BCUT2D eigenvalue weighted by atomic mass is 32.1. The minimum absolute atomic E-state index is 0.00106. The Hall–Kier alpha value is -2.80. The molecule has 2 amide bonds. The first-order valence-corrected chi connectivity index (χ1v) is 7.35. The van der Waals surface area contributed by atoms with Gasteiger partial charge in [-0.05, 0) is 30.4 Å². The fourth-order valence-electron chi connectivity index (χ4n) is 2.41. The van der Waals surface area contributed by atoms with Gasteiger partial charge in [0.25, 0.3) is 11.8 Å². The van der Waals surface area contributed by atoms with Crippen molar-refractivity contribution in [3.8, 4) is 0 Å². The number of fused-ring (bicyclic) bond motifs is 1. The van der Waals surface area contributed by atoms with E-state index in [-0.39, 0.29) is 17.2 Å². The van der Waals surface area contributed by atoms with E-state index in [0.29, 0.717) is 5.82 Å². The predicted octanol–water partition coefficient (Wildman–Crippen LogP) is 1.39. The van der Waals surface area contributed by atoms with Gasteiger partial charge >= 0.3 is 0 Å². The van der Waals surface area contributed by atoms with E-state index in [1.165, 1.54) is 11.0 Å². The summed E-state index contributed by atoms with van der Waals surface area (Å²) in [6, 6.07) is 7.59. The number of para-hydroxylation sites is 2. The molecule has 1 aromatic carbocycles. The second-order valence-electron chi connectivity index (χ2n) is 5.04. The fraction of sp³-hybridized carbons (Fsp3) is 0.125. The molecule has 2 heterocycles. The van der Waals surface area contributed by atoms with Gasteiger partial charge in [0.15, 0.2) is 5.11 Å². The number of imidazole rings is 1. The number of hydrogen-bond donors (Lipinski definition) is 1. The number of thiocarbonyl (C=S) groups is 1. The van der Waals surface area contributed by atoms with Gasteiger partial charge in [0.2, 0.25) is 0 Å². The molecule has 1 saturated heterocycles. The van der Waals surface area contributed by atoms with Gasteiger partial charge in [-0.2, -0.15) is 0 Å². The number of benzene rings is 1. The average Bonchev–Trinajstić information content (AvgIpc) is 2.84. The minimum atomic E-state index is -0.521. The summed E-state index contributed by atoms with van der Waals surface area (Å²) < 4.78 is 1.83. The van der Waals surface area contributed by atoms with E-state index in [1.54, 1.807) is 6.08 Å². The Morgan fingerprint density at radius 1 is 1.35 bits per heavy atom. The molecule has 0 atom stereocenters. The molecule has 0 bridgehead atoms. The summed E-state index contributed by atoms with van der Waals surface area (Å²) in [5, 5.41) is 2.60. The molecule has 7 heteroatoms. The molecule has 0 aliphatic carbocycles. The van der Waals surface area contributed by atoms with Crippen molar-refractivity contribution in [3.05, 3.63) is 48.3 Å². The Morgan fingerprint density at radius 2 is 2.09 bits per heavy atom. The third-order valence-electron chi connectivity index (χ3n) is 3.59. The van der Waals surface area contributed by atoms with Gasteiger partial charge in [-0.25, -0.2) is 4.98 Å². The number of rotatable bonds is 3. The van der Waals surface area contributed by atoms with E-state index >= 15 is 0 Å². The van der Waals surface area contributed by atoms with Crippen molar-refractivity contribution in [1.82, 2.24) is 19.8 Å². The monoisotopic (exact) mass is 326 g/mol. The normalized spacial score (nSPS) is 17.0. The lowest BCUT2D eigenvalue weighted by Gasteiger charge is -2.27. The van der Waals surface area contributed by atoms with Crippen LogP contribution >= 0.6 is 12.2 Å². The molecule has 0 unspecified atom stereocenters. The van der Waals surface area contributed by atoms with Crippen LogP contribution in [0.1, 0.15) is 5.82 Å². The Kier molecular flexibility index (Phi) is 3.79. The van der Waals surface area contributed by atoms with Crippen LogP contribution < -0.4 is 5.32 Å². The molecule has 1 fully saturated rings. The summed E-state index contributed by atoms with van der Waals surface area (Å²) in [6.07, 6.45) is 3.03. The third kappa shape index (κ3) is 2.55. The average molecular weight is 326 g/mol. The molecule has 1 aliphatic rings. The Labute approximate surface area is 138 Å². The number of aryl methyl sites for hydroxylation is 1. The van der Waals surface area contributed by atoms with Gasteiger partial charge in [-0.15, -0.1) is 6.58 Å². The van der Waals surface area contributed by atoms with Crippen LogP contribution in [0.4, 0.5) is 0 Å². The molecular formula is C16H14N4O2S.